The Morgan fingerprint density at radius 1 is 0.912 bits per heavy atom. The van der Waals surface area contributed by atoms with E-state index in [1.807, 2.05) is 53.2 Å². The van der Waals surface area contributed by atoms with E-state index in [0.717, 1.165) is 22.2 Å². The molecule has 0 aliphatic rings. The summed E-state index contributed by atoms with van der Waals surface area (Å²) >= 11 is 0. The second-order valence-electron chi connectivity index (χ2n) is 7.37. The van der Waals surface area contributed by atoms with Gasteiger partial charge >= 0.3 is 6.36 Å². The van der Waals surface area contributed by atoms with Gasteiger partial charge in [0, 0.05) is 10.9 Å². The SMILES string of the molecule is COc1ccc(Cn2nc(-c3nc(-c4ccc(OC(F)(F)F)cc4)no3)c3ccccc32)cc1. The van der Waals surface area contributed by atoms with Crippen molar-refractivity contribution in [3.63, 3.8) is 0 Å². The van der Waals surface area contributed by atoms with Crippen molar-refractivity contribution < 1.29 is 27.2 Å². The average Bonchev–Trinajstić information content (AvgIpc) is 3.45. The summed E-state index contributed by atoms with van der Waals surface area (Å²) < 4.78 is 53.5. The largest absolute Gasteiger partial charge is 0.573 e. The van der Waals surface area contributed by atoms with Crippen molar-refractivity contribution in [1.29, 1.82) is 0 Å². The molecule has 5 aromatic rings. The zero-order valence-corrected chi connectivity index (χ0v) is 17.8. The number of alkyl halides is 3. The molecule has 0 atom stereocenters. The fraction of sp³-hybridized carbons (Fsp3) is 0.125. The highest BCUT2D eigenvalue weighted by atomic mass is 19.4. The number of rotatable bonds is 6. The molecule has 3 aromatic carbocycles. The summed E-state index contributed by atoms with van der Waals surface area (Å²) in [6, 6.07) is 20.6. The molecule has 0 bridgehead atoms. The third-order valence-electron chi connectivity index (χ3n) is 5.12. The highest BCUT2D eigenvalue weighted by Crippen LogP contribution is 2.30. The molecular formula is C24H17F3N4O3. The van der Waals surface area contributed by atoms with Crippen LogP contribution in [-0.2, 0) is 6.54 Å². The normalized spacial score (nSPS) is 11.6. The predicted octanol–water partition coefficient (Wildman–Crippen LogP) is 5.71. The lowest BCUT2D eigenvalue weighted by Gasteiger charge is -2.08. The first-order valence-corrected chi connectivity index (χ1v) is 10.2. The van der Waals surface area contributed by atoms with Crippen LogP contribution in [-0.4, -0.2) is 33.4 Å². The maximum atomic E-state index is 12.4. The molecule has 0 saturated heterocycles. The highest BCUT2D eigenvalue weighted by Gasteiger charge is 2.31. The third-order valence-corrected chi connectivity index (χ3v) is 5.12. The lowest BCUT2D eigenvalue weighted by molar-refractivity contribution is -0.274. The summed E-state index contributed by atoms with van der Waals surface area (Å²) in [6.07, 6.45) is -4.76. The minimum Gasteiger partial charge on any atom is -0.497 e. The first kappa shape index (κ1) is 21.5. The minimum atomic E-state index is -4.76. The highest BCUT2D eigenvalue weighted by molar-refractivity contribution is 5.91. The van der Waals surface area contributed by atoms with Gasteiger partial charge in [0.05, 0.1) is 19.2 Å². The van der Waals surface area contributed by atoms with Crippen LogP contribution in [0.3, 0.4) is 0 Å². The Bertz CT molecular complexity index is 1420. The van der Waals surface area contributed by atoms with E-state index in [4.69, 9.17) is 14.4 Å². The van der Waals surface area contributed by atoms with Crippen LogP contribution in [0, 0.1) is 0 Å². The zero-order valence-electron chi connectivity index (χ0n) is 17.8. The molecule has 0 saturated carbocycles. The lowest BCUT2D eigenvalue weighted by atomic mass is 10.2. The summed E-state index contributed by atoms with van der Waals surface area (Å²) in [5.41, 5.74) is 2.92. The van der Waals surface area contributed by atoms with Crippen molar-refractivity contribution in [3.05, 3.63) is 78.4 Å². The number of fused-ring (bicyclic) bond motifs is 1. The number of halogens is 3. The van der Waals surface area contributed by atoms with Gasteiger partial charge in [-0.15, -0.1) is 13.2 Å². The Kier molecular flexibility index (Phi) is 5.40. The molecule has 2 aromatic heterocycles. The van der Waals surface area contributed by atoms with Crippen molar-refractivity contribution in [2.75, 3.05) is 7.11 Å². The van der Waals surface area contributed by atoms with Gasteiger partial charge in [-0.2, -0.15) is 10.1 Å². The van der Waals surface area contributed by atoms with E-state index in [1.165, 1.54) is 24.3 Å². The summed E-state index contributed by atoms with van der Waals surface area (Å²) in [7, 11) is 1.62. The smallest absolute Gasteiger partial charge is 0.497 e. The second-order valence-corrected chi connectivity index (χ2v) is 7.37. The first-order chi connectivity index (χ1) is 16.4. The van der Waals surface area contributed by atoms with Crippen LogP contribution in [0.2, 0.25) is 0 Å². The molecule has 10 heteroatoms. The Balaban J connectivity index is 1.45. The fourth-order valence-electron chi connectivity index (χ4n) is 3.55. The van der Waals surface area contributed by atoms with Gasteiger partial charge in [0.25, 0.3) is 5.89 Å². The van der Waals surface area contributed by atoms with E-state index in [-0.39, 0.29) is 17.5 Å². The lowest BCUT2D eigenvalue weighted by Crippen LogP contribution is -2.16. The molecule has 0 amide bonds. The van der Waals surface area contributed by atoms with Crippen LogP contribution in [0.15, 0.2) is 77.3 Å². The van der Waals surface area contributed by atoms with Gasteiger partial charge in [0.1, 0.15) is 11.5 Å². The third kappa shape index (κ3) is 4.42. The Morgan fingerprint density at radius 3 is 2.32 bits per heavy atom. The zero-order chi connectivity index (χ0) is 23.7. The van der Waals surface area contributed by atoms with Crippen molar-refractivity contribution in [1.82, 2.24) is 19.9 Å². The number of methoxy groups -OCH3 is 1. The van der Waals surface area contributed by atoms with Crippen LogP contribution in [0.25, 0.3) is 33.9 Å². The molecule has 0 N–H and O–H groups in total. The van der Waals surface area contributed by atoms with Crippen LogP contribution in [0.5, 0.6) is 11.5 Å². The predicted molar refractivity (Wildman–Crippen MR) is 117 cm³/mol. The van der Waals surface area contributed by atoms with Crippen molar-refractivity contribution >= 4 is 10.9 Å². The maximum absolute atomic E-state index is 12.4. The number of ether oxygens (including phenoxy) is 2. The van der Waals surface area contributed by atoms with Gasteiger partial charge < -0.3 is 14.0 Å². The van der Waals surface area contributed by atoms with E-state index >= 15 is 0 Å². The molecular weight excluding hydrogens is 449 g/mol. The molecule has 172 valence electrons. The topological polar surface area (TPSA) is 75.2 Å². The van der Waals surface area contributed by atoms with Crippen LogP contribution >= 0.6 is 0 Å². The molecule has 0 aliphatic carbocycles. The molecule has 34 heavy (non-hydrogen) atoms. The Labute approximate surface area is 191 Å². The summed E-state index contributed by atoms with van der Waals surface area (Å²) in [5.74, 6) is 0.868. The van der Waals surface area contributed by atoms with E-state index in [2.05, 4.69) is 14.9 Å². The van der Waals surface area contributed by atoms with E-state index < -0.39 is 6.36 Å². The molecule has 0 radical (unpaired) electrons. The van der Waals surface area contributed by atoms with Gasteiger partial charge in [-0.3, -0.25) is 4.68 Å². The molecule has 7 nitrogen and oxygen atoms in total. The van der Waals surface area contributed by atoms with Crippen LogP contribution in [0.4, 0.5) is 13.2 Å². The quantitative estimate of drug-likeness (QED) is 0.319. The monoisotopic (exact) mass is 466 g/mol. The molecule has 2 heterocycles. The van der Waals surface area contributed by atoms with Crippen molar-refractivity contribution in [3.8, 4) is 34.5 Å². The maximum Gasteiger partial charge on any atom is 0.573 e. The van der Waals surface area contributed by atoms with Crippen LogP contribution in [0.1, 0.15) is 5.56 Å². The van der Waals surface area contributed by atoms with Crippen molar-refractivity contribution in [2.45, 2.75) is 12.9 Å². The van der Waals surface area contributed by atoms with Gasteiger partial charge in [0.15, 0.2) is 5.69 Å². The van der Waals surface area contributed by atoms with Crippen molar-refractivity contribution in [2.24, 2.45) is 0 Å². The molecule has 0 aliphatic heterocycles. The number of para-hydroxylation sites is 1. The van der Waals surface area contributed by atoms with E-state index in [1.54, 1.807) is 7.11 Å². The van der Waals surface area contributed by atoms with Crippen LogP contribution < -0.4 is 9.47 Å². The number of benzene rings is 3. The van der Waals surface area contributed by atoms with E-state index in [0.29, 0.717) is 17.8 Å². The van der Waals surface area contributed by atoms with Gasteiger partial charge in [-0.05, 0) is 48.0 Å². The van der Waals surface area contributed by atoms with E-state index in [9.17, 15) is 13.2 Å². The summed E-state index contributed by atoms with van der Waals surface area (Å²) in [5, 5.41) is 9.51. The van der Waals surface area contributed by atoms with Gasteiger partial charge in [-0.1, -0.05) is 35.5 Å². The number of aromatic nitrogens is 4. The number of nitrogens with zero attached hydrogens (tertiary/aromatic N) is 4. The van der Waals surface area contributed by atoms with Gasteiger partial charge in [0.2, 0.25) is 5.82 Å². The summed E-state index contributed by atoms with van der Waals surface area (Å²) in [6.45, 7) is 0.520. The minimum absolute atomic E-state index is 0.204. The Hall–Kier alpha value is -4.34. The molecule has 0 spiro atoms. The van der Waals surface area contributed by atoms with Gasteiger partial charge in [-0.25, -0.2) is 0 Å². The number of hydrogen-bond donors (Lipinski definition) is 0. The molecule has 5 rings (SSSR count). The Morgan fingerprint density at radius 2 is 1.62 bits per heavy atom. The number of hydrogen-bond acceptors (Lipinski definition) is 6. The molecule has 0 unspecified atom stereocenters. The second kappa shape index (κ2) is 8.54. The average molecular weight is 466 g/mol. The molecule has 0 fully saturated rings. The fourth-order valence-corrected chi connectivity index (χ4v) is 3.55. The summed E-state index contributed by atoms with van der Waals surface area (Å²) in [4.78, 5) is 4.41. The first-order valence-electron chi connectivity index (χ1n) is 10.2. The standard InChI is InChI=1S/C24H17F3N4O3/c1-32-17-10-6-15(7-11-17)14-31-20-5-3-2-4-19(20)21(29-31)23-28-22(30-34-23)16-8-12-18(13-9-16)33-24(25,26)27/h2-13H,14H2,1H3.